The molecule has 1 aliphatic heterocycles. The number of allylic oxidation sites excluding steroid dienone is 2. The summed E-state index contributed by atoms with van der Waals surface area (Å²) in [5.41, 5.74) is 5.13. The second kappa shape index (κ2) is 8.67. The molecule has 1 aromatic rings. The first kappa shape index (κ1) is 21.5. The van der Waals surface area contributed by atoms with Crippen LogP contribution >= 0.6 is 23.2 Å². The summed E-state index contributed by atoms with van der Waals surface area (Å²) in [6.07, 6.45) is 1.26. The number of nitrogens with two attached hydrogens (primary N) is 1. The van der Waals surface area contributed by atoms with Crippen molar-refractivity contribution in [3.05, 3.63) is 32.3 Å². The summed E-state index contributed by atoms with van der Waals surface area (Å²) >= 11 is 12.6. The fraction of sp³-hybridized carbons (Fsp3) is 0.684. The van der Waals surface area contributed by atoms with Gasteiger partial charge in [0.2, 0.25) is 6.43 Å². The molecule has 1 saturated heterocycles. The van der Waals surface area contributed by atoms with Gasteiger partial charge >= 0.3 is 0 Å². The van der Waals surface area contributed by atoms with Gasteiger partial charge in [-0.05, 0) is 45.4 Å². The van der Waals surface area contributed by atoms with E-state index in [2.05, 4.69) is 4.98 Å². The van der Waals surface area contributed by atoms with Crippen LogP contribution in [0.2, 0.25) is 0 Å². The molecule has 0 bridgehead atoms. The van der Waals surface area contributed by atoms with E-state index in [1.54, 1.807) is 11.5 Å². The molecule has 5 nitrogen and oxygen atoms in total. The predicted molar refractivity (Wildman–Crippen MR) is 108 cm³/mol. The average molecular weight is 435 g/mol. The van der Waals surface area contributed by atoms with E-state index in [1.165, 1.54) is 6.07 Å². The lowest BCUT2D eigenvalue weighted by atomic mass is 9.88. The van der Waals surface area contributed by atoms with Crippen molar-refractivity contribution in [3.63, 3.8) is 0 Å². The number of alkyl halides is 2. The van der Waals surface area contributed by atoms with Gasteiger partial charge in [-0.2, -0.15) is 0 Å². The SMILES string of the molecule is Cc1nc(N2CCC[C@](N)(CC(F)F)CC2)cc(=O)n1[C@H]1CCCC(Cl)=C1Cl. The number of nitrogens with zero attached hydrogens (tertiary/aromatic N) is 3. The van der Waals surface area contributed by atoms with Gasteiger partial charge in [0, 0.05) is 36.1 Å². The molecule has 0 unspecified atom stereocenters. The van der Waals surface area contributed by atoms with Crippen molar-refractivity contribution in [2.45, 2.75) is 69.9 Å². The maximum Gasteiger partial charge on any atom is 0.256 e. The summed E-state index contributed by atoms with van der Waals surface area (Å²) in [6.45, 7) is 2.91. The first-order chi connectivity index (χ1) is 13.2. The second-order valence-corrected chi connectivity index (χ2v) is 8.69. The minimum absolute atomic E-state index is 0.187. The third-order valence-electron chi connectivity index (χ3n) is 5.72. The van der Waals surface area contributed by atoms with E-state index in [0.29, 0.717) is 54.1 Å². The maximum absolute atomic E-state index is 12.9. The summed E-state index contributed by atoms with van der Waals surface area (Å²) in [6, 6.07) is 1.21. The molecule has 3 rings (SSSR count). The molecule has 28 heavy (non-hydrogen) atoms. The van der Waals surface area contributed by atoms with E-state index < -0.39 is 12.0 Å². The van der Waals surface area contributed by atoms with E-state index in [9.17, 15) is 13.6 Å². The molecule has 2 aliphatic rings. The van der Waals surface area contributed by atoms with Crippen LogP contribution in [0.15, 0.2) is 20.9 Å². The van der Waals surface area contributed by atoms with Crippen LogP contribution in [0.1, 0.15) is 56.8 Å². The average Bonchev–Trinajstić information content (AvgIpc) is 2.79. The largest absolute Gasteiger partial charge is 0.356 e. The summed E-state index contributed by atoms with van der Waals surface area (Å²) in [7, 11) is 0. The van der Waals surface area contributed by atoms with Gasteiger partial charge in [0.05, 0.1) is 11.1 Å². The summed E-state index contributed by atoms with van der Waals surface area (Å²) in [5, 5.41) is 1.10. The molecule has 156 valence electrons. The quantitative estimate of drug-likeness (QED) is 0.766. The molecule has 1 aromatic heterocycles. The zero-order chi connectivity index (χ0) is 20.5. The van der Waals surface area contributed by atoms with Gasteiger partial charge < -0.3 is 10.6 Å². The zero-order valence-electron chi connectivity index (χ0n) is 15.9. The molecule has 0 spiro atoms. The molecule has 1 aliphatic carbocycles. The van der Waals surface area contributed by atoms with Gasteiger partial charge in [-0.3, -0.25) is 9.36 Å². The Morgan fingerprint density at radius 1 is 1.32 bits per heavy atom. The van der Waals surface area contributed by atoms with Crippen molar-refractivity contribution in [2.24, 2.45) is 5.73 Å². The number of aromatic nitrogens is 2. The fourth-order valence-electron chi connectivity index (χ4n) is 4.21. The number of hydrogen-bond donors (Lipinski definition) is 1. The lowest BCUT2D eigenvalue weighted by Gasteiger charge is -2.29. The smallest absolute Gasteiger partial charge is 0.256 e. The van der Waals surface area contributed by atoms with Crippen molar-refractivity contribution in [3.8, 4) is 0 Å². The zero-order valence-corrected chi connectivity index (χ0v) is 17.4. The Morgan fingerprint density at radius 3 is 2.75 bits per heavy atom. The van der Waals surface area contributed by atoms with Crippen LogP contribution in [0, 0.1) is 6.92 Å². The Kier molecular flexibility index (Phi) is 6.67. The highest BCUT2D eigenvalue weighted by Gasteiger charge is 2.32. The molecular formula is C19H26Cl2F2N4O. The summed E-state index contributed by atoms with van der Waals surface area (Å²) in [4.78, 5) is 19.4. The van der Waals surface area contributed by atoms with Crippen molar-refractivity contribution in [2.75, 3.05) is 18.0 Å². The highest BCUT2D eigenvalue weighted by molar-refractivity contribution is 6.39. The molecular weight excluding hydrogens is 409 g/mol. The normalized spacial score (nSPS) is 26.7. The van der Waals surface area contributed by atoms with Crippen molar-refractivity contribution in [1.29, 1.82) is 0 Å². The number of hydrogen-bond acceptors (Lipinski definition) is 4. The number of halogens is 4. The minimum Gasteiger partial charge on any atom is -0.356 e. The molecule has 0 radical (unpaired) electrons. The lowest BCUT2D eigenvalue weighted by molar-refractivity contribution is 0.0999. The van der Waals surface area contributed by atoms with E-state index >= 15 is 0 Å². The molecule has 0 saturated carbocycles. The highest BCUT2D eigenvalue weighted by atomic mass is 35.5. The monoisotopic (exact) mass is 434 g/mol. The third-order valence-corrected chi connectivity index (χ3v) is 6.69. The van der Waals surface area contributed by atoms with Crippen molar-refractivity contribution >= 4 is 29.0 Å². The van der Waals surface area contributed by atoms with Crippen LogP contribution in [0.5, 0.6) is 0 Å². The van der Waals surface area contributed by atoms with Crippen LogP contribution < -0.4 is 16.2 Å². The van der Waals surface area contributed by atoms with E-state index in [-0.39, 0.29) is 18.0 Å². The van der Waals surface area contributed by atoms with Crippen LogP contribution in [-0.4, -0.2) is 34.6 Å². The van der Waals surface area contributed by atoms with Crippen molar-refractivity contribution in [1.82, 2.24) is 9.55 Å². The maximum atomic E-state index is 12.9. The molecule has 2 heterocycles. The summed E-state index contributed by atoms with van der Waals surface area (Å²) < 4.78 is 27.3. The lowest BCUT2D eigenvalue weighted by Crippen LogP contribution is -2.42. The number of anilines is 1. The van der Waals surface area contributed by atoms with Crippen molar-refractivity contribution < 1.29 is 8.78 Å². The molecule has 2 N–H and O–H groups in total. The van der Waals surface area contributed by atoms with Crippen LogP contribution in [0.25, 0.3) is 0 Å². The highest BCUT2D eigenvalue weighted by Crippen LogP contribution is 2.38. The van der Waals surface area contributed by atoms with E-state index in [4.69, 9.17) is 28.9 Å². The third kappa shape index (κ3) is 4.69. The van der Waals surface area contributed by atoms with Gasteiger partial charge in [-0.1, -0.05) is 23.2 Å². The molecule has 9 heteroatoms. The number of rotatable bonds is 4. The standard InChI is InChI=1S/C19H26Cl2F2N4O/c1-12-25-16(26-8-3-6-19(24,7-9-26)11-15(22)23)10-17(28)27(12)14-5-2-4-13(20)18(14)21/h10,14-15H,2-9,11,24H2,1H3/t14-,19+/m0/s1. The Hall–Kier alpha value is -1.18. The van der Waals surface area contributed by atoms with Gasteiger partial charge in [-0.25, -0.2) is 13.8 Å². The summed E-state index contributed by atoms with van der Waals surface area (Å²) in [5.74, 6) is 1.12. The van der Waals surface area contributed by atoms with Gasteiger partial charge in [0.25, 0.3) is 5.56 Å². The predicted octanol–water partition coefficient (Wildman–Crippen LogP) is 4.31. The molecule has 1 fully saturated rings. The molecule has 0 aromatic carbocycles. The number of aryl methyl sites for hydroxylation is 1. The minimum atomic E-state index is -2.42. The van der Waals surface area contributed by atoms with E-state index in [0.717, 1.165) is 19.3 Å². The Bertz CT molecular complexity index is 814. The first-order valence-corrected chi connectivity index (χ1v) is 10.4. The van der Waals surface area contributed by atoms with Gasteiger partial charge in [0.15, 0.2) is 0 Å². The first-order valence-electron chi connectivity index (χ1n) is 9.66. The fourth-order valence-corrected chi connectivity index (χ4v) is 4.77. The van der Waals surface area contributed by atoms with Crippen LogP contribution in [0.4, 0.5) is 14.6 Å². The van der Waals surface area contributed by atoms with Crippen LogP contribution in [-0.2, 0) is 0 Å². The van der Waals surface area contributed by atoms with Crippen LogP contribution in [0.3, 0.4) is 0 Å². The molecule has 2 atom stereocenters. The Balaban J connectivity index is 1.83. The van der Waals surface area contributed by atoms with E-state index in [1.807, 2.05) is 4.90 Å². The van der Waals surface area contributed by atoms with Gasteiger partial charge in [-0.15, -0.1) is 0 Å². The van der Waals surface area contributed by atoms with Gasteiger partial charge in [0.1, 0.15) is 11.6 Å². The second-order valence-electron chi connectivity index (χ2n) is 7.83. The Morgan fingerprint density at radius 2 is 2.07 bits per heavy atom. The topological polar surface area (TPSA) is 64.2 Å². The molecule has 0 amide bonds. The Labute approximate surface area is 173 Å².